The van der Waals surface area contributed by atoms with Crippen LogP contribution in [0, 0.1) is 5.92 Å². The Bertz CT molecular complexity index is 617. The average Bonchev–Trinajstić information content (AvgIpc) is 3.17. The van der Waals surface area contributed by atoms with Gasteiger partial charge in [-0.3, -0.25) is 9.59 Å². The van der Waals surface area contributed by atoms with Crippen molar-refractivity contribution in [2.24, 2.45) is 5.92 Å². The number of carbonyl (C=O) groups excluding carboxylic acids is 2. The molecule has 1 aromatic rings. The summed E-state index contributed by atoms with van der Waals surface area (Å²) in [4.78, 5) is 26.1. The smallest absolute Gasteiger partial charge is 0.231 e. The highest BCUT2D eigenvalue weighted by Gasteiger charge is 2.35. The maximum absolute atomic E-state index is 12.3. The summed E-state index contributed by atoms with van der Waals surface area (Å²) in [6.45, 7) is 5.24. The van der Waals surface area contributed by atoms with Crippen molar-refractivity contribution in [1.29, 1.82) is 0 Å². The van der Waals surface area contributed by atoms with E-state index in [-0.39, 0.29) is 30.6 Å². The summed E-state index contributed by atoms with van der Waals surface area (Å²) < 4.78 is 10.6. The van der Waals surface area contributed by atoms with Crippen molar-refractivity contribution >= 4 is 11.8 Å². The van der Waals surface area contributed by atoms with Gasteiger partial charge in [-0.1, -0.05) is 13.0 Å². The molecular weight excluding hydrogens is 296 g/mol. The van der Waals surface area contributed by atoms with Crippen LogP contribution < -0.4 is 14.8 Å². The van der Waals surface area contributed by atoms with E-state index in [0.29, 0.717) is 25.3 Å². The predicted molar refractivity (Wildman–Crippen MR) is 84.0 cm³/mol. The molecular formula is C17H22N2O4. The summed E-state index contributed by atoms with van der Waals surface area (Å²) in [7, 11) is 0. The van der Waals surface area contributed by atoms with E-state index in [1.54, 1.807) is 0 Å². The Labute approximate surface area is 135 Å². The number of amides is 2. The van der Waals surface area contributed by atoms with Crippen LogP contribution >= 0.6 is 0 Å². The first-order valence-corrected chi connectivity index (χ1v) is 8.04. The molecule has 2 aliphatic heterocycles. The molecule has 0 bridgehead atoms. The minimum absolute atomic E-state index is 0.0678. The van der Waals surface area contributed by atoms with E-state index in [1.807, 2.05) is 36.9 Å². The summed E-state index contributed by atoms with van der Waals surface area (Å²) >= 11 is 0. The van der Waals surface area contributed by atoms with Crippen LogP contribution in [-0.2, 0) is 16.1 Å². The van der Waals surface area contributed by atoms with Crippen molar-refractivity contribution in [2.75, 3.05) is 13.3 Å². The Morgan fingerprint density at radius 1 is 1.39 bits per heavy atom. The minimum atomic E-state index is -0.259. The molecule has 0 unspecified atom stereocenters. The van der Waals surface area contributed by atoms with Gasteiger partial charge in [0.1, 0.15) is 0 Å². The van der Waals surface area contributed by atoms with E-state index in [2.05, 4.69) is 5.32 Å². The number of rotatable bonds is 5. The van der Waals surface area contributed by atoms with E-state index in [1.165, 1.54) is 0 Å². The van der Waals surface area contributed by atoms with Crippen molar-refractivity contribution in [3.05, 3.63) is 23.8 Å². The van der Waals surface area contributed by atoms with E-state index >= 15 is 0 Å². The fraction of sp³-hybridized carbons (Fsp3) is 0.529. The van der Waals surface area contributed by atoms with Gasteiger partial charge in [0.25, 0.3) is 0 Å². The van der Waals surface area contributed by atoms with Crippen molar-refractivity contribution in [3.63, 3.8) is 0 Å². The summed E-state index contributed by atoms with van der Waals surface area (Å²) in [5.41, 5.74) is 0.950. The minimum Gasteiger partial charge on any atom is -0.454 e. The zero-order valence-corrected chi connectivity index (χ0v) is 13.5. The van der Waals surface area contributed by atoms with Gasteiger partial charge in [0.05, 0.1) is 5.92 Å². The Morgan fingerprint density at radius 2 is 2.17 bits per heavy atom. The molecule has 2 amide bonds. The molecule has 0 spiro atoms. The number of carbonyl (C=O) groups is 2. The Morgan fingerprint density at radius 3 is 2.96 bits per heavy atom. The standard InChI is InChI=1S/C17H22N2O4/c1-3-11(2)19-9-13(7-16(19)20)17(21)18-8-12-4-5-14-15(6-12)23-10-22-14/h4-6,11,13H,3,7-10H2,1-2H3,(H,18,21)/t11-,13+/m0/s1. The number of hydrogen-bond donors (Lipinski definition) is 1. The van der Waals surface area contributed by atoms with Crippen molar-refractivity contribution in [2.45, 2.75) is 39.3 Å². The van der Waals surface area contributed by atoms with E-state index in [0.717, 1.165) is 17.7 Å². The highest BCUT2D eigenvalue weighted by molar-refractivity contribution is 5.89. The molecule has 0 aliphatic carbocycles. The van der Waals surface area contributed by atoms with Crippen LogP contribution in [0.5, 0.6) is 11.5 Å². The zero-order chi connectivity index (χ0) is 16.4. The first kappa shape index (κ1) is 15.6. The molecule has 6 heteroatoms. The summed E-state index contributed by atoms with van der Waals surface area (Å²) in [6.07, 6.45) is 1.20. The molecule has 124 valence electrons. The van der Waals surface area contributed by atoms with Gasteiger partial charge in [-0.15, -0.1) is 0 Å². The number of fused-ring (bicyclic) bond motifs is 1. The molecule has 2 aliphatic rings. The quantitative estimate of drug-likeness (QED) is 0.897. The van der Waals surface area contributed by atoms with E-state index < -0.39 is 0 Å². The number of likely N-dealkylation sites (tertiary alicyclic amines) is 1. The molecule has 0 radical (unpaired) electrons. The Balaban J connectivity index is 1.55. The van der Waals surface area contributed by atoms with Crippen LogP contribution in [0.3, 0.4) is 0 Å². The summed E-state index contributed by atoms with van der Waals surface area (Å²) in [5, 5.41) is 2.92. The molecule has 1 aromatic carbocycles. The number of nitrogens with one attached hydrogen (secondary N) is 1. The van der Waals surface area contributed by atoms with Gasteiger partial charge < -0.3 is 19.7 Å². The topological polar surface area (TPSA) is 67.9 Å². The third kappa shape index (κ3) is 3.25. The van der Waals surface area contributed by atoms with Crippen molar-refractivity contribution in [3.8, 4) is 11.5 Å². The SMILES string of the molecule is CC[C@H](C)N1C[C@H](C(=O)NCc2ccc3c(c2)OCO3)CC1=O. The third-order valence-corrected chi connectivity index (χ3v) is 4.56. The Kier molecular flexibility index (Phi) is 4.41. The average molecular weight is 318 g/mol. The molecule has 1 saturated heterocycles. The molecule has 1 fully saturated rings. The maximum atomic E-state index is 12.3. The van der Waals surface area contributed by atoms with E-state index in [9.17, 15) is 9.59 Å². The molecule has 2 heterocycles. The summed E-state index contributed by atoms with van der Waals surface area (Å²) in [5.74, 6) is 1.18. The first-order chi connectivity index (χ1) is 11.1. The second-order valence-electron chi connectivity index (χ2n) is 6.11. The molecule has 23 heavy (non-hydrogen) atoms. The number of hydrogen-bond acceptors (Lipinski definition) is 4. The van der Waals surface area contributed by atoms with Crippen molar-refractivity contribution < 1.29 is 19.1 Å². The first-order valence-electron chi connectivity index (χ1n) is 8.04. The van der Waals surface area contributed by atoms with Crippen LogP contribution in [0.2, 0.25) is 0 Å². The maximum Gasteiger partial charge on any atom is 0.231 e. The zero-order valence-electron chi connectivity index (χ0n) is 13.5. The normalized spacial score (nSPS) is 20.7. The monoisotopic (exact) mass is 318 g/mol. The van der Waals surface area contributed by atoms with Gasteiger partial charge in [-0.2, -0.15) is 0 Å². The molecule has 2 atom stereocenters. The van der Waals surface area contributed by atoms with Gasteiger partial charge in [0, 0.05) is 25.6 Å². The fourth-order valence-electron chi connectivity index (χ4n) is 2.94. The van der Waals surface area contributed by atoms with Crippen LogP contribution in [0.1, 0.15) is 32.3 Å². The number of ether oxygens (including phenoxy) is 2. The van der Waals surface area contributed by atoms with Gasteiger partial charge in [-0.25, -0.2) is 0 Å². The lowest BCUT2D eigenvalue weighted by Crippen LogP contribution is -2.36. The van der Waals surface area contributed by atoms with Crippen LogP contribution in [0.25, 0.3) is 0 Å². The number of nitrogens with zero attached hydrogens (tertiary/aromatic N) is 1. The summed E-state index contributed by atoms with van der Waals surface area (Å²) in [6, 6.07) is 5.80. The second-order valence-corrected chi connectivity index (χ2v) is 6.11. The largest absolute Gasteiger partial charge is 0.454 e. The van der Waals surface area contributed by atoms with Gasteiger partial charge >= 0.3 is 0 Å². The number of benzene rings is 1. The second kappa shape index (κ2) is 6.48. The van der Waals surface area contributed by atoms with Gasteiger partial charge in [0.2, 0.25) is 18.6 Å². The predicted octanol–water partition coefficient (Wildman–Crippen LogP) is 1.68. The fourth-order valence-corrected chi connectivity index (χ4v) is 2.94. The highest BCUT2D eigenvalue weighted by Crippen LogP contribution is 2.32. The van der Waals surface area contributed by atoms with Gasteiger partial charge in [-0.05, 0) is 31.0 Å². The Hall–Kier alpha value is -2.24. The molecule has 6 nitrogen and oxygen atoms in total. The highest BCUT2D eigenvalue weighted by atomic mass is 16.7. The molecule has 1 N–H and O–H groups in total. The van der Waals surface area contributed by atoms with E-state index in [4.69, 9.17) is 9.47 Å². The van der Waals surface area contributed by atoms with Crippen LogP contribution in [0.4, 0.5) is 0 Å². The van der Waals surface area contributed by atoms with Crippen LogP contribution in [0.15, 0.2) is 18.2 Å². The molecule has 0 saturated carbocycles. The van der Waals surface area contributed by atoms with Crippen molar-refractivity contribution in [1.82, 2.24) is 10.2 Å². The lowest BCUT2D eigenvalue weighted by Gasteiger charge is -2.23. The molecule has 3 rings (SSSR count). The third-order valence-electron chi connectivity index (χ3n) is 4.56. The lowest BCUT2D eigenvalue weighted by atomic mass is 10.1. The lowest BCUT2D eigenvalue weighted by molar-refractivity contribution is -0.130. The molecule has 0 aromatic heterocycles. The van der Waals surface area contributed by atoms with Crippen LogP contribution in [-0.4, -0.2) is 36.1 Å². The van der Waals surface area contributed by atoms with Gasteiger partial charge in [0.15, 0.2) is 11.5 Å².